The first kappa shape index (κ1) is 15.5. The van der Waals surface area contributed by atoms with Crippen LogP contribution >= 0.6 is 0 Å². The highest BCUT2D eigenvalue weighted by Gasteiger charge is 2.26. The molecule has 0 bridgehead atoms. The summed E-state index contributed by atoms with van der Waals surface area (Å²) in [5.74, 6) is 0.629. The summed E-state index contributed by atoms with van der Waals surface area (Å²) in [4.78, 5) is 23.6. The summed E-state index contributed by atoms with van der Waals surface area (Å²) in [5.41, 5.74) is 4.95. The molecule has 0 aliphatic carbocycles. The van der Waals surface area contributed by atoms with Gasteiger partial charge in [0.25, 0.3) is 5.91 Å². The van der Waals surface area contributed by atoms with Crippen LogP contribution in [0.4, 0.5) is 5.69 Å². The lowest BCUT2D eigenvalue weighted by molar-refractivity contribution is 0.0984. The number of amides is 1. The molecule has 1 aliphatic rings. The minimum atomic E-state index is -0.0410. The molecular formula is C22H16N4O. The van der Waals surface area contributed by atoms with Gasteiger partial charge < -0.3 is 4.90 Å². The molecule has 5 rings (SSSR count). The fraction of sp³-hybridized carbons (Fsp3) is 0.0455. The summed E-state index contributed by atoms with van der Waals surface area (Å²) in [7, 11) is 0. The molecule has 0 atom stereocenters. The number of hydrogen-bond donors (Lipinski definition) is 0. The number of carbonyl (C=O) groups is 1. The lowest BCUT2D eigenvalue weighted by atomic mass is 9.93. The largest absolute Gasteiger partial charge is 0.303 e. The Morgan fingerprint density at radius 1 is 0.926 bits per heavy atom. The van der Waals surface area contributed by atoms with Crippen LogP contribution < -0.4 is 4.90 Å². The Kier molecular flexibility index (Phi) is 3.57. The van der Waals surface area contributed by atoms with Crippen LogP contribution in [0.25, 0.3) is 16.9 Å². The van der Waals surface area contributed by atoms with Gasteiger partial charge in [-0.2, -0.15) is 0 Å². The highest BCUT2D eigenvalue weighted by atomic mass is 16.2. The van der Waals surface area contributed by atoms with Crippen molar-refractivity contribution in [2.75, 3.05) is 4.90 Å². The van der Waals surface area contributed by atoms with Crippen molar-refractivity contribution in [1.29, 1.82) is 0 Å². The van der Waals surface area contributed by atoms with E-state index in [0.717, 1.165) is 16.8 Å². The number of pyridine rings is 1. The van der Waals surface area contributed by atoms with E-state index in [1.807, 2.05) is 41.4 Å². The van der Waals surface area contributed by atoms with Crippen molar-refractivity contribution in [2.24, 2.45) is 0 Å². The van der Waals surface area contributed by atoms with Gasteiger partial charge in [0.1, 0.15) is 12.1 Å². The number of hydrogen-bond acceptors (Lipinski definition) is 3. The van der Waals surface area contributed by atoms with Crippen molar-refractivity contribution >= 4 is 11.6 Å². The molecule has 2 aromatic heterocycles. The number of anilines is 1. The minimum Gasteiger partial charge on any atom is -0.303 e. The van der Waals surface area contributed by atoms with E-state index in [1.165, 1.54) is 5.56 Å². The van der Waals surface area contributed by atoms with Gasteiger partial charge in [0.2, 0.25) is 0 Å². The van der Waals surface area contributed by atoms with Crippen molar-refractivity contribution in [3.8, 4) is 16.9 Å². The van der Waals surface area contributed by atoms with E-state index in [2.05, 4.69) is 28.2 Å². The molecule has 0 N–H and O–H groups in total. The first-order valence-electron chi connectivity index (χ1n) is 8.75. The van der Waals surface area contributed by atoms with Gasteiger partial charge in [-0.1, -0.05) is 42.5 Å². The van der Waals surface area contributed by atoms with Gasteiger partial charge in [-0.05, 0) is 29.3 Å². The highest BCUT2D eigenvalue weighted by molar-refractivity contribution is 6.09. The standard InChI is InChI=1S/C22H16N4O/c27-22(16-9-10-24-21(13-16)25-12-11-23-15-25)26-14-17-5-1-2-6-18(17)19-7-3-4-8-20(19)26/h1-13,15H,14H2. The van der Waals surface area contributed by atoms with E-state index >= 15 is 0 Å². The van der Waals surface area contributed by atoms with Crippen molar-refractivity contribution in [3.05, 3.63) is 96.7 Å². The Balaban J connectivity index is 1.58. The topological polar surface area (TPSA) is 51.0 Å². The number of benzene rings is 2. The van der Waals surface area contributed by atoms with Crippen LogP contribution in [0.1, 0.15) is 15.9 Å². The first-order chi connectivity index (χ1) is 13.3. The van der Waals surface area contributed by atoms with E-state index in [1.54, 1.807) is 35.4 Å². The van der Waals surface area contributed by atoms with E-state index in [9.17, 15) is 4.79 Å². The molecule has 0 fully saturated rings. The quantitative estimate of drug-likeness (QED) is 0.546. The van der Waals surface area contributed by atoms with Crippen LogP contribution in [0.3, 0.4) is 0 Å². The number of imidazole rings is 1. The van der Waals surface area contributed by atoms with Crippen LogP contribution in [0.15, 0.2) is 85.6 Å². The zero-order valence-electron chi connectivity index (χ0n) is 14.5. The van der Waals surface area contributed by atoms with E-state index < -0.39 is 0 Å². The van der Waals surface area contributed by atoms with Crippen molar-refractivity contribution in [3.63, 3.8) is 0 Å². The third-order valence-electron chi connectivity index (χ3n) is 4.84. The molecule has 5 nitrogen and oxygen atoms in total. The summed E-state index contributed by atoms with van der Waals surface area (Å²) in [6.45, 7) is 0.550. The zero-order valence-corrected chi connectivity index (χ0v) is 14.5. The lowest BCUT2D eigenvalue weighted by Crippen LogP contribution is -2.33. The molecule has 1 aliphatic heterocycles. The molecule has 0 saturated carbocycles. The third-order valence-corrected chi connectivity index (χ3v) is 4.84. The van der Waals surface area contributed by atoms with Crippen molar-refractivity contribution in [2.45, 2.75) is 6.54 Å². The molecule has 1 amide bonds. The zero-order chi connectivity index (χ0) is 18.2. The van der Waals surface area contributed by atoms with Gasteiger partial charge in [-0.15, -0.1) is 0 Å². The molecule has 0 unspecified atom stereocenters. The molecule has 4 aromatic rings. The fourth-order valence-corrected chi connectivity index (χ4v) is 3.54. The predicted octanol–water partition coefficient (Wildman–Crippen LogP) is 4.09. The summed E-state index contributed by atoms with van der Waals surface area (Å²) >= 11 is 0. The maximum absolute atomic E-state index is 13.4. The van der Waals surface area contributed by atoms with Crippen LogP contribution in [-0.4, -0.2) is 20.4 Å². The Morgan fingerprint density at radius 2 is 1.74 bits per heavy atom. The SMILES string of the molecule is O=C(c1ccnc(-n2ccnc2)c1)N1Cc2ccccc2-c2ccccc21. The number of nitrogens with zero attached hydrogens (tertiary/aromatic N) is 4. The maximum Gasteiger partial charge on any atom is 0.258 e. The molecule has 0 radical (unpaired) electrons. The van der Waals surface area contributed by atoms with Crippen LogP contribution in [0.2, 0.25) is 0 Å². The van der Waals surface area contributed by atoms with Gasteiger partial charge >= 0.3 is 0 Å². The second kappa shape index (κ2) is 6.21. The van der Waals surface area contributed by atoms with E-state index in [-0.39, 0.29) is 5.91 Å². The number of aromatic nitrogens is 3. The molecule has 0 saturated heterocycles. The average molecular weight is 352 g/mol. The van der Waals surface area contributed by atoms with Gasteiger partial charge in [0, 0.05) is 29.7 Å². The Bertz CT molecular complexity index is 1130. The first-order valence-corrected chi connectivity index (χ1v) is 8.75. The highest BCUT2D eigenvalue weighted by Crippen LogP contribution is 2.39. The molecular weight excluding hydrogens is 336 g/mol. The normalized spacial score (nSPS) is 12.4. The molecule has 3 heterocycles. The monoisotopic (exact) mass is 352 g/mol. The minimum absolute atomic E-state index is 0.0410. The molecule has 2 aromatic carbocycles. The summed E-state index contributed by atoms with van der Waals surface area (Å²) < 4.78 is 1.79. The Hall–Kier alpha value is -3.73. The smallest absolute Gasteiger partial charge is 0.258 e. The lowest BCUT2D eigenvalue weighted by Gasteiger charge is -2.31. The van der Waals surface area contributed by atoms with Crippen LogP contribution in [0, 0.1) is 0 Å². The fourth-order valence-electron chi connectivity index (χ4n) is 3.54. The summed E-state index contributed by atoms with van der Waals surface area (Å²) in [6, 6.07) is 19.8. The second-order valence-corrected chi connectivity index (χ2v) is 6.44. The number of rotatable bonds is 2. The molecule has 27 heavy (non-hydrogen) atoms. The van der Waals surface area contributed by atoms with E-state index in [0.29, 0.717) is 17.9 Å². The number of fused-ring (bicyclic) bond motifs is 3. The number of para-hydroxylation sites is 1. The van der Waals surface area contributed by atoms with Gasteiger partial charge in [-0.3, -0.25) is 9.36 Å². The van der Waals surface area contributed by atoms with Crippen molar-refractivity contribution < 1.29 is 4.79 Å². The Morgan fingerprint density at radius 3 is 2.59 bits per heavy atom. The van der Waals surface area contributed by atoms with Gasteiger partial charge in [0.05, 0.1) is 12.2 Å². The number of carbonyl (C=O) groups excluding carboxylic acids is 1. The van der Waals surface area contributed by atoms with Crippen LogP contribution in [-0.2, 0) is 6.54 Å². The van der Waals surface area contributed by atoms with Gasteiger partial charge in [0.15, 0.2) is 0 Å². The molecule has 130 valence electrons. The predicted molar refractivity (Wildman–Crippen MR) is 104 cm³/mol. The molecule has 5 heteroatoms. The summed E-state index contributed by atoms with van der Waals surface area (Å²) in [5, 5.41) is 0. The third kappa shape index (κ3) is 2.60. The van der Waals surface area contributed by atoms with Gasteiger partial charge in [-0.25, -0.2) is 9.97 Å². The average Bonchev–Trinajstić information content (AvgIpc) is 3.28. The Labute approximate surface area is 156 Å². The van der Waals surface area contributed by atoms with E-state index in [4.69, 9.17) is 0 Å². The molecule has 0 spiro atoms. The van der Waals surface area contributed by atoms with Crippen molar-refractivity contribution in [1.82, 2.24) is 14.5 Å². The summed E-state index contributed by atoms with van der Waals surface area (Å²) in [6.07, 6.45) is 6.83. The second-order valence-electron chi connectivity index (χ2n) is 6.44. The van der Waals surface area contributed by atoms with Crippen LogP contribution in [0.5, 0.6) is 0 Å². The maximum atomic E-state index is 13.4.